The van der Waals surface area contributed by atoms with Gasteiger partial charge in [-0.25, -0.2) is 4.79 Å². The molecule has 0 spiro atoms. The summed E-state index contributed by atoms with van der Waals surface area (Å²) in [5.41, 5.74) is 0. The fraction of sp³-hybridized carbons (Fsp3) is 0.846. The van der Waals surface area contributed by atoms with Crippen LogP contribution in [0.25, 0.3) is 0 Å². The molecule has 7 nitrogen and oxygen atoms in total. The minimum atomic E-state index is -0.695. The summed E-state index contributed by atoms with van der Waals surface area (Å²) in [7, 11) is 1.54. The molecule has 0 radical (unpaired) electrons. The maximum atomic E-state index is 12.0. The summed E-state index contributed by atoms with van der Waals surface area (Å²) in [6, 6.07) is -0.679. The predicted molar refractivity (Wildman–Crippen MR) is 72.2 cm³/mol. The van der Waals surface area contributed by atoms with Crippen molar-refractivity contribution >= 4 is 12.0 Å². The molecule has 20 heavy (non-hydrogen) atoms. The summed E-state index contributed by atoms with van der Waals surface area (Å²) in [5.74, 6) is -0.0689. The first-order valence-corrected chi connectivity index (χ1v) is 6.83. The molecular formula is C13H24N2O5. The van der Waals surface area contributed by atoms with Crippen LogP contribution in [0.15, 0.2) is 0 Å². The highest BCUT2D eigenvalue weighted by Gasteiger charge is 2.39. The van der Waals surface area contributed by atoms with Crippen molar-refractivity contribution in [3.63, 3.8) is 0 Å². The second kappa shape index (κ2) is 8.06. The first-order chi connectivity index (χ1) is 9.45. The van der Waals surface area contributed by atoms with E-state index in [1.54, 1.807) is 7.11 Å². The zero-order valence-electron chi connectivity index (χ0n) is 12.3. The normalized spacial score (nSPS) is 22.1. The topological polar surface area (TPSA) is 88.1 Å². The third kappa shape index (κ3) is 4.97. The Balaban J connectivity index is 2.54. The lowest BCUT2D eigenvalue weighted by atomic mass is 10.2. The highest BCUT2D eigenvalue weighted by atomic mass is 16.6. The van der Waals surface area contributed by atoms with E-state index in [0.717, 1.165) is 0 Å². The Morgan fingerprint density at radius 2 is 2.15 bits per heavy atom. The summed E-state index contributed by atoms with van der Waals surface area (Å²) in [6.07, 6.45) is -1.02. The van der Waals surface area contributed by atoms with E-state index in [0.29, 0.717) is 19.8 Å². The number of hydrogen-bond donors (Lipinski definition) is 2. The Hall–Kier alpha value is -1.34. The van der Waals surface area contributed by atoms with Gasteiger partial charge in [0.05, 0.1) is 25.9 Å². The minimum Gasteiger partial charge on any atom is -0.449 e. The number of likely N-dealkylation sites (tertiary alicyclic amines) is 1. The Morgan fingerprint density at radius 1 is 1.45 bits per heavy atom. The molecule has 0 aliphatic carbocycles. The predicted octanol–water partition coefficient (Wildman–Crippen LogP) is -0.0232. The maximum absolute atomic E-state index is 12.0. The van der Waals surface area contributed by atoms with Gasteiger partial charge in [-0.05, 0) is 5.92 Å². The second-order valence-electron chi connectivity index (χ2n) is 5.31. The van der Waals surface area contributed by atoms with Crippen LogP contribution < -0.4 is 5.32 Å². The first-order valence-electron chi connectivity index (χ1n) is 6.83. The summed E-state index contributed by atoms with van der Waals surface area (Å²) in [4.78, 5) is 25.2. The monoisotopic (exact) mass is 288 g/mol. The number of methoxy groups -OCH3 is 1. The van der Waals surface area contributed by atoms with Gasteiger partial charge >= 0.3 is 6.09 Å². The minimum absolute atomic E-state index is 0.124. The third-order valence-electron chi connectivity index (χ3n) is 2.96. The third-order valence-corrected chi connectivity index (χ3v) is 2.96. The molecule has 1 fully saturated rings. The van der Waals surface area contributed by atoms with Crippen LogP contribution in [0.5, 0.6) is 0 Å². The Bertz CT molecular complexity index is 335. The number of aliphatic hydroxyl groups is 1. The summed E-state index contributed by atoms with van der Waals surface area (Å²) < 4.78 is 9.96. The molecule has 0 bridgehead atoms. The van der Waals surface area contributed by atoms with E-state index in [1.807, 2.05) is 13.8 Å². The molecule has 1 aliphatic rings. The molecule has 0 aromatic rings. The molecule has 1 saturated heterocycles. The van der Waals surface area contributed by atoms with E-state index in [1.165, 1.54) is 4.90 Å². The second-order valence-corrected chi connectivity index (χ2v) is 5.31. The number of ether oxygens (including phenoxy) is 2. The SMILES string of the molecule is COCCNC(=O)[C@@H]1CC(O)CN1C(=O)OCC(C)C. The zero-order valence-corrected chi connectivity index (χ0v) is 12.3. The number of nitrogens with zero attached hydrogens (tertiary/aromatic N) is 1. The van der Waals surface area contributed by atoms with Crippen LogP contribution in [0.3, 0.4) is 0 Å². The van der Waals surface area contributed by atoms with Gasteiger partial charge < -0.3 is 19.9 Å². The van der Waals surface area contributed by atoms with Crippen LogP contribution in [-0.4, -0.2) is 67.6 Å². The molecule has 1 rings (SSSR count). The van der Waals surface area contributed by atoms with Crippen molar-refractivity contribution in [3.05, 3.63) is 0 Å². The molecule has 2 amide bonds. The average molecular weight is 288 g/mol. The molecule has 1 unspecified atom stereocenters. The number of rotatable bonds is 6. The van der Waals surface area contributed by atoms with Crippen LogP contribution in [0.4, 0.5) is 4.79 Å². The van der Waals surface area contributed by atoms with E-state index < -0.39 is 18.2 Å². The number of aliphatic hydroxyl groups excluding tert-OH is 1. The van der Waals surface area contributed by atoms with Crippen molar-refractivity contribution in [2.24, 2.45) is 5.92 Å². The van der Waals surface area contributed by atoms with Gasteiger partial charge in [-0.1, -0.05) is 13.8 Å². The van der Waals surface area contributed by atoms with E-state index >= 15 is 0 Å². The van der Waals surface area contributed by atoms with Gasteiger partial charge in [-0.15, -0.1) is 0 Å². The molecule has 116 valence electrons. The lowest BCUT2D eigenvalue weighted by molar-refractivity contribution is -0.125. The van der Waals surface area contributed by atoms with Crippen LogP contribution in [0.2, 0.25) is 0 Å². The van der Waals surface area contributed by atoms with Crippen LogP contribution >= 0.6 is 0 Å². The number of carbonyl (C=O) groups excluding carboxylic acids is 2. The van der Waals surface area contributed by atoms with E-state index in [9.17, 15) is 14.7 Å². The van der Waals surface area contributed by atoms with Crippen LogP contribution in [0.1, 0.15) is 20.3 Å². The first kappa shape index (κ1) is 16.7. The number of amides is 2. The highest BCUT2D eigenvalue weighted by Crippen LogP contribution is 2.19. The molecule has 7 heteroatoms. The van der Waals surface area contributed by atoms with E-state index in [2.05, 4.69) is 5.32 Å². The van der Waals surface area contributed by atoms with Gasteiger partial charge in [0.2, 0.25) is 5.91 Å². The molecule has 1 aliphatic heterocycles. The zero-order chi connectivity index (χ0) is 15.1. The fourth-order valence-electron chi connectivity index (χ4n) is 1.98. The number of β-amino-alcohol motifs (C(OH)–C–C–N with tert-alkyl or cyclic N) is 1. The number of nitrogens with one attached hydrogen (secondary N) is 1. The van der Waals surface area contributed by atoms with Gasteiger partial charge in [0.25, 0.3) is 0 Å². The molecule has 0 aromatic carbocycles. The van der Waals surface area contributed by atoms with Gasteiger partial charge in [-0.2, -0.15) is 0 Å². The summed E-state index contributed by atoms with van der Waals surface area (Å²) >= 11 is 0. The number of hydrogen-bond acceptors (Lipinski definition) is 5. The Morgan fingerprint density at radius 3 is 2.75 bits per heavy atom. The maximum Gasteiger partial charge on any atom is 0.410 e. The average Bonchev–Trinajstić information content (AvgIpc) is 2.78. The van der Waals surface area contributed by atoms with Crippen molar-refractivity contribution in [2.75, 3.05) is 33.4 Å². The highest BCUT2D eigenvalue weighted by molar-refractivity contribution is 5.86. The molecule has 2 atom stereocenters. The Labute approximate surface area is 119 Å². The van der Waals surface area contributed by atoms with Gasteiger partial charge in [0, 0.05) is 20.1 Å². The van der Waals surface area contributed by atoms with Crippen LogP contribution in [-0.2, 0) is 14.3 Å². The van der Waals surface area contributed by atoms with E-state index in [-0.39, 0.29) is 24.8 Å². The van der Waals surface area contributed by atoms with Crippen LogP contribution in [0, 0.1) is 5.92 Å². The van der Waals surface area contributed by atoms with Gasteiger partial charge in [0.15, 0.2) is 0 Å². The summed E-state index contributed by atoms with van der Waals surface area (Å²) in [6.45, 7) is 5.06. The van der Waals surface area contributed by atoms with Crippen molar-refractivity contribution in [3.8, 4) is 0 Å². The van der Waals surface area contributed by atoms with Crippen molar-refractivity contribution in [2.45, 2.75) is 32.4 Å². The van der Waals surface area contributed by atoms with Gasteiger partial charge in [0.1, 0.15) is 6.04 Å². The molecule has 2 N–H and O–H groups in total. The van der Waals surface area contributed by atoms with Gasteiger partial charge in [-0.3, -0.25) is 9.69 Å². The lowest BCUT2D eigenvalue weighted by Gasteiger charge is -2.23. The molecular weight excluding hydrogens is 264 g/mol. The van der Waals surface area contributed by atoms with Crippen molar-refractivity contribution in [1.82, 2.24) is 10.2 Å². The Kier molecular flexibility index (Phi) is 6.74. The standard InChI is InChI=1S/C13H24N2O5/c1-9(2)8-20-13(18)15-7-10(16)6-11(15)12(17)14-4-5-19-3/h9-11,16H,4-8H2,1-3H3,(H,14,17)/t10?,11-/m0/s1. The lowest BCUT2D eigenvalue weighted by Crippen LogP contribution is -2.47. The van der Waals surface area contributed by atoms with Crippen molar-refractivity contribution < 1.29 is 24.2 Å². The molecule has 0 saturated carbocycles. The summed E-state index contributed by atoms with van der Waals surface area (Å²) in [5, 5.41) is 12.3. The smallest absolute Gasteiger partial charge is 0.410 e. The van der Waals surface area contributed by atoms with Crippen molar-refractivity contribution in [1.29, 1.82) is 0 Å². The molecule has 0 aromatic heterocycles. The van der Waals surface area contributed by atoms with E-state index in [4.69, 9.17) is 9.47 Å². The number of carbonyl (C=O) groups is 2. The quantitative estimate of drug-likeness (QED) is 0.670. The largest absolute Gasteiger partial charge is 0.449 e. The molecule has 1 heterocycles. The fourth-order valence-corrected chi connectivity index (χ4v) is 1.98.